The summed E-state index contributed by atoms with van der Waals surface area (Å²) in [6.07, 6.45) is 3.43. The second-order valence-electron chi connectivity index (χ2n) is 5.33. The Balaban J connectivity index is 2.08. The molecule has 6 heteroatoms. The van der Waals surface area contributed by atoms with E-state index in [9.17, 15) is 9.59 Å². The molecule has 2 rings (SSSR count). The molecule has 1 fully saturated rings. The second kappa shape index (κ2) is 6.45. The van der Waals surface area contributed by atoms with Gasteiger partial charge in [-0.15, -0.1) is 0 Å². The summed E-state index contributed by atoms with van der Waals surface area (Å²) < 4.78 is 5.07. The number of aromatic carboxylic acids is 1. The predicted octanol–water partition coefficient (Wildman–Crippen LogP) is 3.18. The smallest absolute Gasteiger partial charge is 0.337 e. The third kappa shape index (κ3) is 3.36. The standard InChI is InChI=1S/C15H18ClNO4/c1-21-8-7-15(5-2-6-15)14(20)17-10-3-4-11(13(18)19)12(16)9-10/h3-4,9H,2,5-8H2,1H3,(H,17,20)(H,18,19). The quantitative estimate of drug-likeness (QED) is 0.846. The number of anilines is 1. The number of ether oxygens (including phenoxy) is 1. The van der Waals surface area contributed by atoms with Gasteiger partial charge in [0.15, 0.2) is 0 Å². The van der Waals surface area contributed by atoms with Crippen LogP contribution in [0.5, 0.6) is 0 Å². The number of benzene rings is 1. The van der Waals surface area contributed by atoms with Crippen LogP contribution in [-0.4, -0.2) is 30.7 Å². The molecular weight excluding hydrogens is 294 g/mol. The number of rotatable bonds is 6. The molecule has 1 aromatic carbocycles. The number of carbonyl (C=O) groups excluding carboxylic acids is 1. The van der Waals surface area contributed by atoms with Crippen molar-refractivity contribution in [3.63, 3.8) is 0 Å². The summed E-state index contributed by atoms with van der Waals surface area (Å²) in [6, 6.07) is 4.41. The van der Waals surface area contributed by atoms with Gasteiger partial charge in [-0.05, 0) is 37.5 Å². The molecule has 0 bridgehead atoms. The van der Waals surface area contributed by atoms with Crippen molar-refractivity contribution in [3.05, 3.63) is 28.8 Å². The van der Waals surface area contributed by atoms with Crippen molar-refractivity contribution in [2.24, 2.45) is 5.41 Å². The lowest BCUT2D eigenvalue weighted by Gasteiger charge is -2.40. The molecule has 5 nitrogen and oxygen atoms in total. The van der Waals surface area contributed by atoms with Crippen LogP contribution in [0.3, 0.4) is 0 Å². The molecule has 0 spiro atoms. The molecule has 1 saturated carbocycles. The molecule has 1 aliphatic rings. The lowest BCUT2D eigenvalue weighted by Crippen LogP contribution is -2.42. The Kier molecular flexibility index (Phi) is 4.85. The zero-order chi connectivity index (χ0) is 15.5. The number of carboxylic acids is 1. The van der Waals surface area contributed by atoms with Crippen LogP contribution < -0.4 is 5.32 Å². The first-order valence-corrected chi connectivity index (χ1v) is 7.19. The molecule has 0 aromatic heterocycles. The van der Waals surface area contributed by atoms with Gasteiger partial charge >= 0.3 is 5.97 Å². The van der Waals surface area contributed by atoms with Gasteiger partial charge in [0.2, 0.25) is 5.91 Å². The van der Waals surface area contributed by atoms with Gasteiger partial charge in [-0.1, -0.05) is 18.0 Å². The van der Waals surface area contributed by atoms with Gasteiger partial charge in [0.1, 0.15) is 0 Å². The van der Waals surface area contributed by atoms with E-state index in [1.165, 1.54) is 12.1 Å². The van der Waals surface area contributed by atoms with Crippen molar-refractivity contribution in [2.45, 2.75) is 25.7 Å². The fourth-order valence-corrected chi connectivity index (χ4v) is 2.78. The van der Waals surface area contributed by atoms with E-state index in [1.54, 1.807) is 13.2 Å². The van der Waals surface area contributed by atoms with Crippen molar-refractivity contribution in [2.75, 3.05) is 19.0 Å². The molecule has 0 unspecified atom stereocenters. The molecule has 21 heavy (non-hydrogen) atoms. The van der Waals surface area contributed by atoms with Gasteiger partial charge in [0, 0.05) is 19.4 Å². The van der Waals surface area contributed by atoms with Crippen molar-refractivity contribution >= 4 is 29.2 Å². The fourth-order valence-electron chi connectivity index (χ4n) is 2.52. The number of halogens is 1. The van der Waals surface area contributed by atoms with E-state index in [0.29, 0.717) is 18.7 Å². The first-order valence-electron chi connectivity index (χ1n) is 6.82. The number of amides is 1. The van der Waals surface area contributed by atoms with E-state index in [1.807, 2.05) is 0 Å². The highest BCUT2D eigenvalue weighted by molar-refractivity contribution is 6.33. The van der Waals surface area contributed by atoms with E-state index < -0.39 is 5.97 Å². The Morgan fingerprint density at radius 3 is 2.62 bits per heavy atom. The summed E-state index contributed by atoms with van der Waals surface area (Å²) in [5, 5.41) is 11.9. The number of hydrogen-bond acceptors (Lipinski definition) is 3. The number of carboxylic acid groups (broad SMARTS) is 1. The Morgan fingerprint density at radius 2 is 2.14 bits per heavy atom. The van der Waals surface area contributed by atoms with E-state index in [0.717, 1.165) is 19.3 Å². The number of carbonyl (C=O) groups is 2. The zero-order valence-electron chi connectivity index (χ0n) is 11.8. The molecular formula is C15H18ClNO4. The minimum absolute atomic E-state index is 0.0207. The molecule has 0 heterocycles. The summed E-state index contributed by atoms with van der Waals surface area (Å²) in [6.45, 7) is 0.548. The molecule has 1 amide bonds. The van der Waals surface area contributed by atoms with Crippen LogP contribution >= 0.6 is 11.6 Å². The largest absolute Gasteiger partial charge is 0.478 e. The molecule has 1 aromatic rings. The van der Waals surface area contributed by atoms with Crippen LogP contribution in [0.4, 0.5) is 5.69 Å². The van der Waals surface area contributed by atoms with E-state index in [2.05, 4.69) is 5.32 Å². The number of nitrogens with one attached hydrogen (secondary N) is 1. The molecule has 114 valence electrons. The minimum atomic E-state index is -1.09. The molecule has 2 N–H and O–H groups in total. The Hall–Kier alpha value is -1.59. The summed E-state index contributed by atoms with van der Waals surface area (Å²) in [4.78, 5) is 23.3. The monoisotopic (exact) mass is 311 g/mol. The molecule has 0 atom stereocenters. The van der Waals surface area contributed by atoms with Crippen LogP contribution in [-0.2, 0) is 9.53 Å². The van der Waals surface area contributed by atoms with Crippen molar-refractivity contribution in [3.8, 4) is 0 Å². The Bertz CT molecular complexity index is 555. The van der Waals surface area contributed by atoms with E-state index in [4.69, 9.17) is 21.4 Å². The molecule has 0 aliphatic heterocycles. The van der Waals surface area contributed by atoms with Crippen molar-refractivity contribution in [1.82, 2.24) is 0 Å². The maximum atomic E-state index is 12.4. The highest BCUT2D eigenvalue weighted by atomic mass is 35.5. The highest BCUT2D eigenvalue weighted by Gasteiger charge is 2.43. The van der Waals surface area contributed by atoms with Gasteiger partial charge in [-0.3, -0.25) is 4.79 Å². The van der Waals surface area contributed by atoms with Crippen LogP contribution in [0.2, 0.25) is 5.02 Å². The molecule has 0 radical (unpaired) electrons. The van der Waals surface area contributed by atoms with Gasteiger partial charge < -0.3 is 15.2 Å². The average Bonchev–Trinajstić information content (AvgIpc) is 2.37. The lowest BCUT2D eigenvalue weighted by molar-refractivity contribution is -0.131. The van der Waals surface area contributed by atoms with Crippen LogP contribution in [0.1, 0.15) is 36.0 Å². The van der Waals surface area contributed by atoms with Crippen LogP contribution in [0, 0.1) is 5.41 Å². The normalized spacial score (nSPS) is 16.1. The van der Waals surface area contributed by atoms with Gasteiger partial charge in [-0.25, -0.2) is 4.79 Å². The topological polar surface area (TPSA) is 75.6 Å². The van der Waals surface area contributed by atoms with E-state index in [-0.39, 0.29) is 21.9 Å². The van der Waals surface area contributed by atoms with Crippen LogP contribution in [0.15, 0.2) is 18.2 Å². The third-order valence-electron chi connectivity index (χ3n) is 4.03. The van der Waals surface area contributed by atoms with Crippen molar-refractivity contribution in [1.29, 1.82) is 0 Å². The minimum Gasteiger partial charge on any atom is -0.478 e. The Labute approximate surface area is 128 Å². The average molecular weight is 312 g/mol. The molecule has 0 saturated heterocycles. The van der Waals surface area contributed by atoms with Gasteiger partial charge in [0.25, 0.3) is 0 Å². The third-order valence-corrected chi connectivity index (χ3v) is 4.35. The summed E-state index contributed by atoms with van der Waals surface area (Å²) in [5.74, 6) is -1.14. The SMILES string of the molecule is COCCC1(C(=O)Nc2ccc(C(=O)O)c(Cl)c2)CCC1. The maximum Gasteiger partial charge on any atom is 0.337 e. The van der Waals surface area contributed by atoms with Gasteiger partial charge in [0.05, 0.1) is 16.0 Å². The highest BCUT2D eigenvalue weighted by Crippen LogP contribution is 2.44. The summed E-state index contributed by atoms with van der Waals surface area (Å²) in [7, 11) is 1.62. The fraction of sp³-hybridized carbons (Fsp3) is 0.467. The predicted molar refractivity (Wildman–Crippen MR) is 79.8 cm³/mol. The molecule has 1 aliphatic carbocycles. The second-order valence-corrected chi connectivity index (χ2v) is 5.74. The zero-order valence-corrected chi connectivity index (χ0v) is 12.6. The Morgan fingerprint density at radius 1 is 1.43 bits per heavy atom. The number of hydrogen-bond donors (Lipinski definition) is 2. The maximum absolute atomic E-state index is 12.4. The van der Waals surface area contributed by atoms with E-state index >= 15 is 0 Å². The van der Waals surface area contributed by atoms with Crippen LogP contribution in [0.25, 0.3) is 0 Å². The van der Waals surface area contributed by atoms with Gasteiger partial charge in [-0.2, -0.15) is 0 Å². The lowest BCUT2D eigenvalue weighted by atomic mass is 9.66. The first kappa shape index (κ1) is 15.8. The summed E-state index contributed by atoms with van der Waals surface area (Å²) in [5.41, 5.74) is 0.166. The number of methoxy groups -OCH3 is 1. The van der Waals surface area contributed by atoms with Crippen molar-refractivity contribution < 1.29 is 19.4 Å². The summed E-state index contributed by atoms with van der Waals surface area (Å²) >= 11 is 5.90. The first-order chi connectivity index (χ1) is 9.98.